The maximum absolute atomic E-state index is 12.2. The molecular weight excluding hydrogens is 450 g/mol. The maximum Gasteiger partial charge on any atom is 0.249 e. The largest absolute Gasteiger partial charge is 0.394 e. The van der Waals surface area contributed by atoms with Crippen LogP contribution in [-0.2, 0) is 4.79 Å². The van der Waals surface area contributed by atoms with E-state index in [2.05, 4.69) is 55.6 Å². The summed E-state index contributed by atoms with van der Waals surface area (Å²) in [4.78, 5) is 12.2. The molecule has 0 bridgehead atoms. The molecule has 208 valence electrons. The first-order valence-corrected chi connectivity index (χ1v) is 14.5. The molecule has 5 nitrogen and oxygen atoms in total. The monoisotopic (exact) mass is 505 g/mol. The van der Waals surface area contributed by atoms with Crippen LogP contribution in [0, 0.1) is 0 Å². The highest BCUT2D eigenvalue weighted by Crippen LogP contribution is 2.09. The minimum absolute atomic E-state index is 0.385. The lowest BCUT2D eigenvalue weighted by Gasteiger charge is -2.21. The fourth-order valence-electron chi connectivity index (χ4n) is 3.72. The van der Waals surface area contributed by atoms with E-state index in [0.29, 0.717) is 6.42 Å². The Morgan fingerprint density at radius 2 is 1.17 bits per heavy atom. The van der Waals surface area contributed by atoms with Crippen LogP contribution < -0.4 is 5.32 Å². The van der Waals surface area contributed by atoms with Crippen molar-refractivity contribution in [3.8, 4) is 0 Å². The molecule has 5 heteroatoms. The number of allylic oxidation sites excluding steroid dienone is 7. The lowest BCUT2D eigenvalue weighted by molar-refractivity contribution is -0.131. The van der Waals surface area contributed by atoms with E-state index in [0.717, 1.165) is 57.8 Å². The summed E-state index contributed by atoms with van der Waals surface area (Å²) in [5.41, 5.74) is 0. The van der Waals surface area contributed by atoms with E-state index in [1.807, 2.05) is 6.08 Å². The minimum atomic E-state index is -1.12. The number of aliphatic hydroxyl groups excluding tert-OH is 3. The van der Waals surface area contributed by atoms with Crippen molar-refractivity contribution in [3.05, 3.63) is 48.6 Å². The molecule has 0 radical (unpaired) electrons. The van der Waals surface area contributed by atoms with Crippen LogP contribution in [0.4, 0.5) is 0 Å². The van der Waals surface area contributed by atoms with Gasteiger partial charge in [0, 0.05) is 0 Å². The van der Waals surface area contributed by atoms with Crippen LogP contribution in [-0.4, -0.2) is 46.1 Å². The van der Waals surface area contributed by atoms with E-state index in [4.69, 9.17) is 0 Å². The van der Waals surface area contributed by atoms with Gasteiger partial charge in [-0.3, -0.25) is 4.79 Å². The van der Waals surface area contributed by atoms with Crippen LogP contribution >= 0.6 is 0 Å². The average molecular weight is 506 g/mol. The van der Waals surface area contributed by atoms with Gasteiger partial charge >= 0.3 is 0 Å². The number of amides is 1. The highest BCUT2D eigenvalue weighted by atomic mass is 16.3. The summed E-state index contributed by atoms with van der Waals surface area (Å²) in [6.07, 6.45) is 31.2. The van der Waals surface area contributed by atoms with Gasteiger partial charge in [0.25, 0.3) is 0 Å². The second-order valence-corrected chi connectivity index (χ2v) is 9.58. The number of carbonyl (C=O) groups excluding carboxylic acids is 1. The number of carbonyl (C=O) groups is 1. The summed E-state index contributed by atoms with van der Waals surface area (Å²) in [6, 6.07) is -0.823. The summed E-state index contributed by atoms with van der Waals surface area (Å²) in [6.45, 7) is 4.02. The Morgan fingerprint density at radius 3 is 1.72 bits per heavy atom. The third kappa shape index (κ3) is 21.6. The SMILES string of the molecule is CCCC/C=C\CCCCCC(O)C(=O)NC(CO)C(O)/C=C/CC/C=C/CC/C=C/CCCCC. The van der Waals surface area contributed by atoms with E-state index in [1.54, 1.807) is 6.08 Å². The van der Waals surface area contributed by atoms with Gasteiger partial charge in [-0.05, 0) is 64.2 Å². The van der Waals surface area contributed by atoms with Gasteiger partial charge in [0.2, 0.25) is 5.91 Å². The first kappa shape index (κ1) is 34.3. The van der Waals surface area contributed by atoms with E-state index >= 15 is 0 Å². The van der Waals surface area contributed by atoms with Crippen LogP contribution in [0.3, 0.4) is 0 Å². The van der Waals surface area contributed by atoms with Crippen molar-refractivity contribution in [1.29, 1.82) is 0 Å². The Balaban J connectivity index is 4.00. The van der Waals surface area contributed by atoms with Crippen molar-refractivity contribution in [2.45, 2.75) is 135 Å². The number of unbranched alkanes of at least 4 members (excludes halogenated alkanes) is 10. The van der Waals surface area contributed by atoms with Gasteiger partial charge in [-0.25, -0.2) is 0 Å². The lowest BCUT2D eigenvalue weighted by atomic mass is 10.1. The standard InChI is InChI=1S/C31H55NO4/c1-3-5-7-9-11-13-14-15-16-18-19-21-23-25-29(34)28(27-33)32-31(36)30(35)26-24-22-20-17-12-10-8-6-4-2/h10-13,16,18,23,25,28-30,33-35H,3-9,14-15,17,19-22,24,26-27H2,1-2H3,(H,32,36)/b12-10-,13-11+,18-16+,25-23+. The molecule has 0 aliphatic rings. The van der Waals surface area contributed by atoms with Crippen LogP contribution in [0.1, 0.15) is 117 Å². The van der Waals surface area contributed by atoms with Crippen molar-refractivity contribution in [3.63, 3.8) is 0 Å². The van der Waals surface area contributed by atoms with Gasteiger partial charge < -0.3 is 20.6 Å². The van der Waals surface area contributed by atoms with E-state index in [9.17, 15) is 20.1 Å². The van der Waals surface area contributed by atoms with Crippen LogP contribution in [0.15, 0.2) is 48.6 Å². The molecule has 0 aliphatic heterocycles. The molecule has 0 spiro atoms. The summed E-state index contributed by atoms with van der Waals surface area (Å²) in [7, 11) is 0. The Labute approximate surface area is 221 Å². The topological polar surface area (TPSA) is 89.8 Å². The quantitative estimate of drug-likeness (QED) is 0.0869. The van der Waals surface area contributed by atoms with Gasteiger partial charge in [0.05, 0.1) is 18.8 Å². The molecule has 0 rings (SSSR count). The summed E-state index contributed by atoms with van der Waals surface area (Å²) < 4.78 is 0. The number of rotatable bonds is 24. The molecule has 0 aromatic heterocycles. The van der Waals surface area contributed by atoms with Crippen molar-refractivity contribution < 1.29 is 20.1 Å². The predicted molar refractivity (Wildman–Crippen MR) is 153 cm³/mol. The highest BCUT2D eigenvalue weighted by Gasteiger charge is 2.22. The molecule has 1 amide bonds. The second-order valence-electron chi connectivity index (χ2n) is 9.58. The molecule has 0 saturated heterocycles. The number of hydrogen-bond donors (Lipinski definition) is 4. The van der Waals surface area contributed by atoms with Gasteiger partial charge in [-0.1, -0.05) is 101 Å². The van der Waals surface area contributed by atoms with Gasteiger partial charge in [-0.2, -0.15) is 0 Å². The lowest BCUT2D eigenvalue weighted by Crippen LogP contribution is -2.48. The van der Waals surface area contributed by atoms with Crippen molar-refractivity contribution in [1.82, 2.24) is 5.32 Å². The molecule has 0 fully saturated rings. The van der Waals surface area contributed by atoms with Crippen molar-refractivity contribution in [2.75, 3.05) is 6.61 Å². The predicted octanol–water partition coefficient (Wildman–Crippen LogP) is 6.69. The van der Waals surface area contributed by atoms with E-state index in [1.165, 1.54) is 38.5 Å². The smallest absolute Gasteiger partial charge is 0.249 e. The van der Waals surface area contributed by atoms with Crippen molar-refractivity contribution in [2.24, 2.45) is 0 Å². The van der Waals surface area contributed by atoms with Crippen LogP contribution in [0.25, 0.3) is 0 Å². The molecule has 3 unspecified atom stereocenters. The third-order valence-corrected chi connectivity index (χ3v) is 6.12. The number of aliphatic hydroxyl groups is 3. The van der Waals surface area contributed by atoms with Gasteiger partial charge in [0.1, 0.15) is 6.10 Å². The van der Waals surface area contributed by atoms with E-state index < -0.39 is 24.2 Å². The van der Waals surface area contributed by atoms with Crippen LogP contribution in [0.5, 0.6) is 0 Å². The molecule has 36 heavy (non-hydrogen) atoms. The fourth-order valence-corrected chi connectivity index (χ4v) is 3.72. The molecular formula is C31H55NO4. The summed E-state index contributed by atoms with van der Waals surface area (Å²) in [5, 5.41) is 32.6. The highest BCUT2D eigenvalue weighted by molar-refractivity contribution is 5.80. The summed E-state index contributed by atoms with van der Waals surface area (Å²) >= 11 is 0. The van der Waals surface area contributed by atoms with Gasteiger partial charge in [0.15, 0.2) is 0 Å². The molecule has 0 aromatic carbocycles. The normalized spacial score (nSPS) is 14.9. The minimum Gasteiger partial charge on any atom is -0.394 e. The Morgan fingerprint density at radius 1 is 0.667 bits per heavy atom. The first-order valence-electron chi connectivity index (χ1n) is 14.5. The zero-order valence-electron chi connectivity index (χ0n) is 23.1. The first-order chi connectivity index (χ1) is 17.6. The third-order valence-electron chi connectivity index (χ3n) is 6.12. The molecule has 0 aliphatic carbocycles. The summed E-state index contributed by atoms with van der Waals surface area (Å²) in [5.74, 6) is -0.539. The molecule has 0 saturated carbocycles. The Bertz CT molecular complexity index is 612. The maximum atomic E-state index is 12.2. The molecule has 3 atom stereocenters. The Kier molecular flexibility index (Phi) is 25.1. The van der Waals surface area contributed by atoms with Crippen molar-refractivity contribution >= 4 is 5.91 Å². The number of hydrogen-bond acceptors (Lipinski definition) is 4. The van der Waals surface area contributed by atoms with Crippen LogP contribution in [0.2, 0.25) is 0 Å². The second kappa shape index (κ2) is 26.4. The molecule has 0 heterocycles. The molecule has 0 aromatic rings. The zero-order valence-corrected chi connectivity index (χ0v) is 23.1. The fraction of sp³-hybridized carbons (Fsp3) is 0.710. The zero-order chi connectivity index (χ0) is 26.7. The Hall–Kier alpha value is -1.69. The van der Waals surface area contributed by atoms with Gasteiger partial charge in [-0.15, -0.1) is 0 Å². The molecule has 4 N–H and O–H groups in total. The average Bonchev–Trinajstić information content (AvgIpc) is 2.88. The number of nitrogens with one attached hydrogen (secondary N) is 1. The van der Waals surface area contributed by atoms with E-state index in [-0.39, 0.29) is 6.61 Å².